The van der Waals surface area contributed by atoms with Crippen molar-refractivity contribution in [1.82, 2.24) is 18.7 Å². The number of hydrogen-bond donors (Lipinski definition) is 1. The number of aryl methyl sites for hydroxylation is 1. The van der Waals surface area contributed by atoms with Crippen molar-refractivity contribution in [2.45, 2.75) is 26.4 Å². The lowest BCUT2D eigenvalue weighted by Gasteiger charge is -2.33. The topological polar surface area (TPSA) is 69.5 Å². The molecule has 0 unspecified atom stereocenters. The zero-order valence-corrected chi connectivity index (χ0v) is 17.9. The number of halogens is 1. The third-order valence-corrected chi connectivity index (χ3v) is 5.95. The van der Waals surface area contributed by atoms with Crippen LogP contribution >= 0.6 is 0 Å². The first-order chi connectivity index (χ1) is 14.3. The molecule has 2 aromatic heterocycles. The zero-order chi connectivity index (χ0) is 21.6. The number of nitrogens with zero attached hydrogens (tertiary/aromatic N) is 5. The number of benzene rings is 1. The maximum atomic E-state index is 13.2. The lowest BCUT2D eigenvalue weighted by atomic mass is 10.2. The Balaban J connectivity index is 1.60. The van der Waals surface area contributed by atoms with Gasteiger partial charge in [0.15, 0.2) is 17.0 Å². The second-order valence-electron chi connectivity index (χ2n) is 8.26. The highest BCUT2D eigenvalue weighted by Gasteiger charge is 2.26. The van der Waals surface area contributed by atoms with Gasteiger partial charge in [-0.2, -0.15) is 0 Å². The number of nitrogens with one attached hydrogen (secondary N) is 1. The van der Waals surface area contributed by atoms with Crippen LogP contribution in [-0.2, 0) is 20.6 Å². The molecule has 30 heavy (non-hydrogen) atoms. The minimum Gasteiger partial charge on any atom is -0.360 e. The van der Waals surface area contributed by atoms with Crippen molar-refractivity contribution in [2.75, 3.05) is 31.1 Å². The van der Waals surface area contributed by atoms with Gasteiger partial charge in [-0.3, -0.25) is 13.9 Å². The van der Waals surface area contributed by atoms with Crippen molar-refractivity contribution in [3.63, 3.8) is 0 Å². The molecule has 0 saturated carbocycles. The SMILES string of the molecule is CC(C)n1c(C[NH+]2CCN(c3ccc(F)cc3)CC2)nc2c1c(=O)n(C)c(=O)n2C. The average Bonchev–Trinajstić information content (AvgIpc) is 3.11. The van der Waals surface area contributed by atoms with Gasteiger partial charge in [0, 0.05) is 25.8 Å². The molecule has 1 N–H and O–H groups in total. The van der Waals surface area contributed by atoms with Gasteiger partial charge in [0.05, 0.1) is 26.2 Å². The molecule has 1 saturated heterocycles. The van der Waals surface area contributed by atoms with Gasteiger partial charge >= 0.3 is 5.69 Å². The van der Waals surface area contributed by atoms with Crippen molar-refractivity contribution < 1.29 is 9.29 Å². The van der Waals surface area contributed by atoms with Crippen LogP contribution in [0.4, 0.5) is 10.1 Å². The van der Waals surface area contributed by atoms with Crippen LogP contribution in [0.3, 0.4) is 0 Å². The summed E-state index contributed by atoms with van der Waals surface area (Å²) in [4.78, 5) is 33.5. The Morgan fingerprint density at radius 1 is 1.07 bits per heavy atom. The highest BCUT2D eigenvalue weighted by molar-refractivity contribution is 5.71. The molecule has 0 aliphatic carbocycles. The predicted octanol–water partition coefficient (Wildman–Crippen LogP) is 0.0588. The normalized spacial score (nSPS) is 15.5. The summed E-state index contributed by atoms with van der Waals surface area (Å²) < 4.78 is 17.7. The first-order valence-corrected chi connectivity index (χ1v) is 10.3. The summed E-state index contributed by atoms with van der Waals surface area (Å²) in [5, 5.41) is 0. The number of rotatable bonds is 4. The monoisotopic (exact) mass is 415 g/mol. The quantitative estimate of drug-likeness (QED) is 0.654. The summed E-state index contributed by atoms with van der Waals surface area (Å²) >= 11 is 0. The molecule has 9 heteroatoms. The van der Waals surface area contributed by atoms with E-state index in [1.165, 1.54) is 28.6 Å². The van der Waals surface area contributed by atoms with Crippen LogP contribution in [0.5, 0.6) is 0 Å². The fourth-order valence-electron chi connectivity index (χ4n) is 4.27. The molecule has 1 fully saturated rings. The third-order valence-electron chi connectivity index (χ3n) is 5.95. The molecule has 8 nitrogen and oxygen atoms in total. The Morgan fingerprint density at radius 3 is 2.30 bits per heavy atom. The van der Waals surface area contributed by atoms with E-state index in [1.54, 1.807) is 7.05 Å². The summed E-state index contributed by atoms with van der Waals surface area (Å²) in [5.41, 5.74) is 1.28. The van der Waals surface area contributed by atoms with E-state index in [0.29, 0.717) is 17.7 Å². The van der Waals surface area contributed by atoms with Crippen LogP contribution in [0.1, 0.15) is 25.7 Å². The number of quaternary nitrogens is 1. The summed E-state index contributed by atoms with van der Waals surface area (Å²) in [6, 6.07) is 6.66. The Morgan fingerprint density at radius 2 is 1.70 bits per heavy atom. The van der Waals surface area contributed by atoms with Crippen molar-refractivity contribution in [1.29, 1.82) is 0 Å². The second-order valence-corrected chi connectivity index (χ2v) is 8.26. The van der Waals surface area contributed by atoms with Gasteiger partial charge in [-0.25, -0.2) is 14.2 Å². The fraction of sp³-hybridized carbons (Fsp3) is 0.476. The molecule has 1 aliphatic rings. The molecule has 3 aromatic rings. The molecular formula is C21H28FN6O2+. The van der Waals surface area contributed by atoms with E-state index in [0.717, 1.165) is 42.3 Å². The molecule has 1 aliphatic heterocycles. The van der Waals surface area contributed by atoms with Crippen molar-refractivity contribution in [3.05, 3.63) is 56.7 Å². The van der Waals surface area contributed by atoms with Crippen LogP contribution < -0.4 is 21.0 Å². The van der Waals surface area contributed by atoms with Crippen LogP contribution in [0.2, 0.25) is 0 Å². The lowest BCUT2D eigenvalue weighted by molar-refractivity contribution is -0.915. The predicted molar refractivity (Wildman–Crippen MR) is 114 cm³/mol. The fourth-order valence-corrected chi connectivity index (χ4v) is 4.27. The average molecular weight is 415 g/mol. The summed E-state index contributed by atoms with van der Waals surface area (Å²) in [7, 11) is 3.15. The van der Waals surface area contributed by atoms with Gasteiger partial charge < -0.3 is 14.4 Å². The van der Waals surface area contributed by atoms with E-state index in [4.69, 9.17) is 4.98 Å². The molecule has 0 amide bonds. The number of fused-ring (bicyclic) bond motifs is 1. The maximum absolute atomic E-state index is 13.2. The largest absolute Gasteiger partial charge is 0.360 e. The number of aromatic nitrogens is 4. The molecule has 0 radical (unpaired) electrons. The molecule has 3 heterocycles. The van der Waals surface area contributed by atoms with E-state index in [2.05, 4.69) is 4.90 Å². The standard InChI is InChI=1S/C21H27FN6O2/c1-14(2)28-17(23-19-18(28)20(29)25(4)21(30)24(19)3)13-26-9-11-27(12-10-26)16-7-5-15(22)6-8-16/h5-8,14H,9-13H2,1-4H3/p+1. The smallest absolute Gasteiger partial charge is 0.332 e. The van der Waals surface area contributed by atoms with E-state index in [9.17, 15) is 14.0 Å². The Hall–Kier alpha value is -2.94. The first kappa shape index (κ1) is 20.3. The number of piperazine rings is 1. The van der Waals surface area contributed by atoms with Crippen LogP contribution in [0.15, 0.2) is 33.9 Å². The first-order valence-electron chi connectivity index (χ1n) is 10.3. The number of anilines is 1. The van der Waals surface area contributed by atoms with E-state index < -0.39 is 0 Å². The van der Waals surface area contributed by atoms with Crippen molar-refractivity contribution in [3.8, 4) is 0 Å². The molecule has 0 spiro atoms. The molecule has 0 atom stereocenters. The molecule has 1 aromatic carbocycles. The minimum atomic E-state index is -0.368. The van der Waals surface area contributed by atoms with Crippen LogP contribution in [0, 0.1) is 5.82 Å². The van der Waals surface area contributed by atoms with Gasteiger partial charge in [-0.1, -0.05) is 0 Å². The van der Waals surface area contributed by atoms with Gasteiger partial charge in [0.2, 0.25) is 0 Å². The summed E-state index contributed by atoms with van der Waals surface area (Å²) in [6.07, 6.45) is 0. The zero-order valence-electron chi connectivity index (χ0n) is 17.9. The number of imidazole rings is 1. The molecule has 0 bridgehead atoms. The van der Waals surface area contributed by atoms with Gasteiger partial charge in [0.1, 0.15) is 12.4 Å². The lowest BCUT2D eigenvalue weighted by Crippen LogP contribution is -3.13. The highest BCUT2D eigenvalue weighted by Crippen LogP contribution is 2.17. The molecule has 4 rings (SSSR count). The second kappa shape index (κ2) is 7.71. The van der Waals surface area contributed by atoms with Crippen molar-refractivity contribution in [2.24, 2.45) is 14.1 Å². The Kier molecular flexibility index (Phi) is 5.23. The van der Waals surface area contributed by atoms with Crippen molar-refractivity contribution >= 4 is 16.9 Å². The maximum Gasteiger partial charge on any atom is 0.332 e. The Labute approximate surface area is 173 Å². The van der Waals surface area contributed by atoms with Gasteiger partial charge in [-0.15, -0.1) is 0 Å². The summed E-state index contributed by atoms with van der Waals surface area (Å²) in [5.74, 6) is 0.597. The van der Waals surface area contributed by atoms with Gasteiger partial charge in [-0.05, 0) is 38.1 Å². The highest BCUT2D eigenvalue weighted by atomic mass is 19.1. The van der Waals surface area contributed by atoms with Crippen LogP contribution in [0.25, 0.3) is 11.2 Å². The third kappa shape index (κ3) is 3.43. The summed E-state index contributed by atoms with van der Waals surface area (Å²) in [6.45, 7) is 8.28. The van der Waals surface area contributed by atoms with E-state index in [1.807, 2.05) is 30.5 Å². The van der Waals surface area contributed by atoms with E-state index >= 15 is 0 Å². The van der Waals surface area contributed by atoms with E-state index in [-0.39, 0.29) is 23.1 Å². The minimum absolute atomic E-state index is 0.0510. The molecular weight excluding hydrogens is 387 g/mol. The van der Waals surface area contributed by atoms with Gasteiger partial charge in [0.25, 0.3) is 5.56 Å². The molecule has 160 valence electrons. The number of hydrogen-bond acceptors (Lipinski definition) is 4. The van der Waals surface area contributed by atoms with Crippen LogP contribution in [-0.4, -0.2) is 44.9 Å². The Bertz CT molecular complexity index is 1180.